The summed E-state index contributed by atoms with van der Waals surface area (Å²) in [5, 5.41) is 6.82. The number of amides is 2. The lowest BCUT2D eigenvalue weighted by atomic mass is 9.82. The van der Waals surface area contributed by atoms with Gasteiger partial charge in [0.2, 0.25) is 0 Å². The molecule has 0 saturated heterocycles. The van der Waals surface area contributed by atoms with Gasteiger partial charge in [-0.1, -0.05) is 23.2 Å². The van der Waals surface area contributed by atoms with E-state index >= 15 is 0 Å². The van der Waals surface area contributed by atoms with Crippen molar-refractivity contribution in [2.75, 3.05) is 13.1 Å². The van der Waals surface area contributed by atoms with Gasteiger partial charge >= 0.3 is 12.2 Å². The van der Waals surface area contributed by atoms with Crippen LogP contribution in [0.1, 0.15) is 25.7 Å². The Bertz CT molecular complexity index is 764. The lowest BCUT2D eigenvalue weighted by Crippen LogP contribution is -2.36. The molecule has 1 saturated carbocycles. The summed E-state index contributed by atoms with van der Waals surface area (Å²) in [6.45, 7) is 1.15. The molecule has 0 atom stereocenters. The van der Waals surface area contributed by atoms with E-state index in [0.717, 1.165) is 25.7 Å². The Labute approximate surface area is 185 Å². The van der Waals surface area contributed by atoms with Gasteiger partial charge in [-0.2, -0.15) is 0 Å². The second-order valence-electron chi connectivity index (χ2n) is 7.34. The number of nitrogens with one attached hydrogen (secondary N) is 2. The van der Waals surface area contributed by atoms with Crippen LogP contribution < -0.4 is 20.1 Å². The van der Waals surface area contributed by atoms with Crippen LogP contribution in [-0.2, 0) is 0 Å². The normalized spacial score (nSPS) is 18.3. The first-order chi connectivity index (χ1) is 14.5. The van der Waals surface area contributed by atoms with Gasteiger partial charge in [0.1, 0.15) is 11.5 Å². The number of carbonyl (C=O) groups excluding carboxylic acids is 2. The van der Waals surface area contributed by atoms with Gasteiger partial charge in [0.25, 0.3) is 0 Å². The van der Waals surface area contributed by atoms with Crippen LogP contribution in [-0.4, -0.2) is 25.3 Å². The molecule has 6 nitrogen and oxygen atoms in total. The average Bonchev–Trinajstić information content (AvgIpc) is 2.75. The average molecular weight is 451 g/mol. The van der Waals surface area contributed by atoms with E-state index in [0.29, 0.717) is 46.5 Å². The summed E-state index contributed by atoms with van der Waals surface area (Å²) >= 11 is 11.6. The van der Waals surface area contributed by atoms with Gasteiger partial charge in [0.15, 0.2) is 0 Å². The van der Waals surface area contributed by atoms with Crippen LogP contribution in [0.5, 0.6) is 11.5 Å². The molecule has 0 unspecified atom stereocenters. The number of hydrogen-bond acceptors (Lipinski definition) is 4. The van der Waals surface area contributed by atoms with Crippen molar-refractivity contribution in [1.29, 1.82) is 0 Å². The quantitative estimate of drug-likeness (QED) is 0.593. The molecule has 0 spiro atoms. The minimum Gasteiger partial charge on any atom is -0.410 e. The zero-order valence-corrected chi connectivity index (χ0v) is 17.9. The minimum atomic E-state index is -0.467. The highest BCUT2D eigenvalue weighted by molar-refractivity contribution is 6.30. The summed E-state index contributed by atoms with van der Waals surface area (Å²) in [7, 11) is 0. The Kier molecular flexibility index (Phi) is 8.22. The van der Waals surface area contributed by atoms with Gasteiger partial charge in [0.05, 0.1) is 0 Å². The second-order valence-corrected chi connectivity index (χ2v) is 8.21. The number of carbonyl (C=O) groups is 2. The van der Waals surface area contributed by atoms with E-state index in [1.165, 1.54) is 0 Å². The SMILES string of the molecule is O=C(NC[C@H]1CC[C@H](CNC(=O)Oc2ccc(Cl)cc2)CC1)Oc1ccc(Cl)cc1. The molecule has 0 radical (unpaired) electrons. The van der Waals surface area contributed by atoms with Crippen molar-refractivity contribution in [1.82, 2.24) is 10.6 Å². The first-order valence-electron chi connectivity index (χ1n) is 9.90. The fourth-order valence-corrected chi connectivity index (χ4v) is 3.64. The summed E-state index contributed by atoms with van der Waals surface area (Å²) in [6.07, 6.45) is 3.01. The van der Waals surface area contributed by atoms with Crippen LogP contribution in [0, 0.1) is 11.8 Å². The van der Waals surface area contributed by atoms with Crippen LogP contribution in [0.4, 0.5) is 9.59 Å². The molecule has 0 heterocycles. The first-order valence-corrected chi connectivity index (χ1v) is 10.7. The van der Waals surface area contributed by atoms with Crippen molar-refractivity contribution >= 4 is 35.4 Å². The number of ether oxygens (including phenoxy) is 2. The molecule has 1 fully saturated rings. The third kappa shape index (κ3) is 7.43. The Morgan fingerprint density at radius 2 is 1.03 bits per heavy atom. The minimum absolute atomic E-state index is 0.403. The molecule has 1 aliphatic carbocycles. The number of rotatable bonds is 6. The molecule has 0 aromatic heterocycles. The summed E-state index contributed by atoms with van der Waals surface area (Å²) in [5.41, 5.74) is 0. The van der Waals surface area contributed by atoms with Crippen molar-refractivity contribution in [3.05, 3.63) is 58.6 Å². The summed E-state index contributed by atoms with van der Waals surface area (Å²) in [4.78, 5) is 23.8. The molecule has 2 N–H and O–H groups in total. The zero-order valence-electron chi connectivity index (χ0n) is 16.4. The number of hydrogen-bond donors (Lipinski definition) is 2. The lowest BCUT2D eigenvalue weighted by molar-refractivity contribution is 0.187. The Morgan fingerprint density at radius 3 is 1.37 bits per heavy atom. The summed E-state index contributed by atoms with van der Waals surface area (Å²) in [5.74, 6) is 1.72. The molecule has 160 valence electrons. The van der Waals surface area contributed by atoms with Crippen LogP contribution in [0.25, 0.3) is 0 Å². The van der Waals surface area contributed by atoms with E-state index in [1.54, 1.807) is 48.5 Å². The van der Waals surface area contributed by atoms with E-state index < -0.39 is 12.2 Å². The van der Waals surface area contributed by atoms with Crippen molar-refractivity contribution < 1.29 is 19.1 Å². The maximum absolute atomic E-state index is 11.9. The first kappa shape index (κ1) is 22.2. The highest BCUT2D eigenvalue weighted by Crippen LogP contribution is 2.28. The van der Waals surface area contributed by atoms with E-state index in [2.05, 4.69) is 10.6 Å². The monoisotopic (exact) mass is 450 g/mol. The maximum atomic E-state index is 11.9. The van der Waals surface area contributed by atoms with E-state index in [1.807, 2.05) is 0 Å². The van der Waals surface area contributed by atoms with Crippen molar-refractivity contribution in [3.8, 4) is 11.5 Å². The van der Waals surface area contributed by atoms with Gasteiger partial charge in [-0.25, -0.2) is 9.59 Å². The molecule has 0 bridgehead atoms. The molecule has 0 aliphatic heterocycles. The summed E-state index contributed by atoms with van der Waals surface area (Å²) in [6, 6.07) is 13.3. The van der Waals surface area contributed by atoms with Gasteiger partial charge in [0, 0.05) is 23.1 Å². The van der Waals surface area contributed by atoms with Gasteiger partial charge in [-0.3, -0.25) is 0 Å². The molecule has 30 heavy (non-hydrogen) atoms. The molecule has 2 amide bonds. The fourth-order valence-electron chi connectivity index (χ4n) is 3.39. The van der Waals surface area contributed by atoms with Crippen LogP contribution in [0.2, 0.25) is 10.0 Å². The van der Waals surface area contributed by atoms with Crippen LogP contribution >= 0.6 is 23.2 Å². The molecule has 1 aliphatic rings. The molecule has 2 aromatic carbocycles. The van der Waals surface area contributed by atoms with Gasteiger partial charge < -0.3 is 20.1 Å². The van der Waals surface area contributed by atoms with Gasteiger partial charge in [-0.15, -0.1) is 0 Å². The number of halogens is 2. The molecule has 2 aromatic rings. The molecule has 3 rings (SSSR count). The second kappa shape index (κ2) is 11.1. The fraction of sp³-hybridized carbons (Fsp3) is 0.364. The zero-order chi connectivity index (χ0) is 21.3. The van der Waals surface area contributed by atoms with E-state index in [-0.39, 0.29) is 0 Å². The van der Waals surface area contributed by atoms with Crippen LogP contribution in [0.15, 0.2) is 48.5 Å². The lowest BCUT2D eigenvalue weighted by Gasteiger charge is -2.28. The third-order valence-corrected chi connectivity index (χ3v) is 5.59. The topological polar surface area (TPSA) is 76.7 Å². The van der Waals surface area contributed by atoms with Gasteiger partial charge in [-0.05, 0) is 86.1 Å². The smallest absolute Gasteiger partial charge is 0.410 e. The largest absolute Gasteiger partial charge is 0.412 e. The predicted octanol–water partition coefficient (Wildman–Crippen LogP) is 5.68. The summed E-state index contributed by atoms with van der Waals surface area (Å²) < 4.78 is 10.4. The number of benzene rings is 2. The standard InChI is InChI=1S/C22H24Cl2N2O4/c23-17-5-9-19(10-6-17)29-21(27)25-13-15-1-2-16(4-3-15)14-26-22(28)30-20-11-7-18(24)8-12-20/h5-12,15-16H,1-4,13-14H2,(H,25,27)(H,26,28)/t15-,16-. The Hall–Kier alpha value is -2.44. The van der Waals surface area contributed by atoms with Crippen molar-refractivity contribution in [3.63, 3.8) is 0 Å². The Balaban J connectivity index is 1.29. The molecular weight excluding hydrogens is 427 g/mol. The highest BCUT2D eigenvalue weighted by atomic mass is 35.5. The Morgan fingerprint density at radius 1 is 0.700 bits per heavy atom. The third-order valence-electron chi connectivity index (χ3n) is 5.08. The predicted molar refractivity (Wildman–Crippen MR) is 116 cm³/mol. The van der Waals surface area contributed by atoms with E-state index in [9.17, 15) is 9.59 Å². The molecular formula is C22H24Cl2N2O4. The van der Waals surface area contributed by atoms with Crippen molar-refractivity contribution in [2.45, 2.75) is 25.7 Å². The molecule has 8 heteroatoms. The maximum Gasteiger partial charge on any atom is 0.412 e. The van der Waals surface area contributed by atoms with Crippen molar-refractivity contribution in [2.24, 2.45) is 11.8 Å². The highest BCUT2D eigenvalue weighted by Gasteiger charge is 2.22. The van der Waals surface area contributed by atoms with E-state index in [4.69, 9.17) is 32.7 Å². The van der Waals surface area contributed by atoms with Crippen LogP contribution in [0.3, 0.4) is 0 Å².